The lowest BCUT2D eigenvalue weighted by atomic mass is 10.2. The summed E-state index contributed by atoms with van der Waals surface area (Å²) in [5.74, 6) is 0. The molecule has 0 spiro atoms. The van der Waals surface area contributed by atoms with E-state index in [1.165, 1.54) is 5.69 Å². The molecule has 0 fully saturated rings. The van der Waals surface area contributed by atoms with E-state index in [4.69, 9.17) is 0 Å². The zero-order valence-corrected chi connectivity index (χ0v) is 16.6. The fraction of sp³-hybridized carbons (Fsp3) is 0.688. The average Bonchev–Trinajstić information content (AvgIpc) is 2.27. The first kappa shape index (κ1) is 17.6. The summed E-state index contributed by atoms with van der Waals surface area (Å²) in [7, 11) is -2.77. The molecule has 0 unspecified atom stereocenters. The van der Waals surface area contributed by atoms with Crippen LogP contribution in [0.2, 0.25) is 37.8 Å². The lowest BCUT2D eigenvalue weighted by Crippen LogP contribution is -2.64. The van der Waals surface area contributed by atoms with Crippen LogP contribution in [0.25, 0.3) is 0 Å². The Morgan fingerprint density at radius 3 is 2.05 bits per heavy atom. The van der Waals surface area contributed by atoms with Crippen LogP contribution in [-0.2, 0) is 6.42 Å². The molecule has 1 aromatic rings. The van der Waals surface area contributed by atoms with E-state index in [1.807, 2.05) is 12.3 Å². The molecule has 1 aromatic heterocycles. The first-order valence-electron chi connectivity index (χ1n) is 7.64. The SMILES string of the molecule is CC(C)(C)[Si](C)(C)N(CCc1ccccn1)[Si](C)(C)C. The third kappa shape index (κ3) is 4.27. The zero-order valence-electron chi connectivity index (χ0n) is 14.6. The highest BCUT2D eigenvalue weighted by molar-refractivity contribution is 6.91. The molecule has 0 atom stereocenters. The van der Waals surface area contributed by atoms with Gasteiger partial charge in [-0.1, -0.05) is 59.6 Å². The molecule has 1 rings (SSSR count). The van der Waals surface area contributed by atoms with Crippen molar-refractivity contribution in [3.05, 3.63) is 30.1 Å². The van der Waals surface area contributed by atoms with Crippen LogP contribution in [-0.4, -0.2) is 32.2 Å². The molecule has 0 aliphatic heterocycles. The molecule has 1 heterocycles. The summed E-state index contributed by atoms with van der Waals surface area (Å²) in [5.41, 5.74) is 1.22. The van der Waals surface area contributed by atoms with Crippen molar-refractivity contribution >= 4 is 16.5 Å². The Balaban J connectivity index is 2.92. The van der Waals surface area contributed by atoms with Crippen LogP contribution in [0.4, 0.5) is 0 Å². The highest BCUT2D eigenvalue weighted by atomic mass is 28.4. The van der Waals surface area contributed by atoms with Gasteiger partial charge in [-0.3, -0.25) is 4.98 Å². The molecule has 114 valence electrons. The Morgan fingerprint density at radius 1 is 1.05 bits per heavy atom. The predicted molar refractivity (Wildman–Crippen MR) is 95.2 cm³/mol. The van der Waals surface area contributed by atoms with Gasteiger partial charge in [-0.05, 0) is 23.7 Å². The molecular formula is C16H32N2Si2. The molecule has 0 saturated carbocycles. The van der Waals surface area contributed by atoms with E-state index in [0.717, 1.165) is 13.0 Å². The first-order valence-corrected chi connectivity index (χ1v) is 14.0. The van der Waals surface area contributed by atoms with E-state index in [0.29, 0.717) is 5.04 Å². The van der Waals surface area contributed by atoms with Crippen molar-refractivity contribution in [2.24, 2.45) is 0 Å². The minimum absolute atomic E-state index is 0.400. The average molecular weight is 309 g/mol. The van der Waals surface area contributed by atoms with Gasteiger partial charge in [0.05, 0.1) is 0 Å². The standard InChI is InChI=1S/C16H32N2Si2/c1-16(2,3)20(7,8)18(19(4,5)6)14-12-15-11-9-10-13-17-15/h9-11,13H,12,14H2,1-8H3. The largest absolute Gasteiger partial charge is 0.345 e. The Labute approximate surface area is 127 Å². The van der Waals surface area contributed by atoms with Crippen LogP contribution < -0.4 is 0 Å². The number of aromatic nitrogens is 1. The molecule has 0 aliphatic rings. The summed E-state index contributed by atoms with van der Waals surface area (Å²) in [6.07, 6.45) is 2.97. The van der Waals surface area contributed by atoms with Crippen LogP contribution in [0.1, 0.15) is 26.5 Å². The predicted octanol–water partition coefficient (Wildman–Crippen LogP) is 4.77. The third-order valence-electron chi connectivity index (χ3n) is 4.64. The maximum Gasteiger partial charge on any atom is 0.120 e. The number of hydrogen-bond donors (Lipinski definition) is 0. The summed E-state index contributed by atoms with van der Waals surface area (Å²) in [6, 6.07) is 6.23. The highest BCUT2D eigenvalue weighted by Gasteiger charge is 2.45. The van der Waals surface area contributed by atoms with Crippen molar-refractivity contribution < 1.29 is 0 Å². The minimum Gasteiger partial charge on any atom is -0.345 e. The third-order valence-corrected chi connectivity index (χ3v) is 15.4. The van der Waals surface area contributed by atoms with Gasteiger partial charge in [-0.2, -0.15) is 0 Å². The fourth-order valence-electron chi connectivity index (χ4n) is 2.63. The zero-order chi connectivity index (χ0) is 15.6. The van der Waals surface area contributed by atoms with Gasteiger partial charge in [0.15, 0.2) is 0 Å². The lowest BCUT2D eigenvalue weighted by molar-refractivity contribution is 0.548. The second-order valence-corrected chi connectivity index (χ2v) is 18.7. The minimum atomic E-state index is -1.46. The first-order chi connectivity index (χ1) is 8.96. The Bertz CT molecular complexity index is 416. The monoisotopic (exact) mass is 308 g/mol. The summed E-state index contributed by atoms with van der Waals surface area (Å²) < 4.78 is 2.90. The Morgan fingerprint density at radius 2 is 1.65 bits per heavy atom. The van der Waals surface area contributed by atoms with E-state index in [1.54, 1.807) is 0 Å². The van der Waals surface area contributed by atoms with Gasteiger partial charge < -0.3 is 4.23 Å². The van der Waals surface area contributed by atoms with Crippen LogP contribution in [0.5, 0.6) is 0 Å². The summed E-state index contributed by atoms with van der Waals surface area (Å²) in [4.78, 5) is 4.48. The maximum absolute atomic E-state index is 4.48. The molecule has 0 saturated heterocycles. The van der Waals surface area contributed by atoms with Crippen LogP contribution in [0.3, 0.4) is 0 Å². The van der Waals surface area contributed by atoms with Crippen molar-refractivity contribution in [2.75, 3.05) is 6.54 Å². The Kier molecular flexibility index (Phi) is 5.38. The van der Waals surface area contributed by atoms with E-state index in [9.17, 15) is 0 Å². The second-order valence-electron chi connectivity index (χ2n) is 8.20. The normalized spacial score (nSPS) is 13.8. The van der Waals surface area contributed by atoms with Gasteiger partial charge >= 0.3 is 0 Å². The summed E-state index contributed by atoms with van der Waals surface area (Å²) in [6.45, 7) is 20.9. The molecule has 20 heavy (non-hydrogen) atoms. The van der Waals surface area contributed by atoms with Gasteiger partial charge in [-0.25, -0.2) is 0 Å². The molecule has 4 heteroatoms. The Hall–Kier alpha value is -0.456. The maximum atomic E-state index is 4.48. The van der Waals surface area contributed by atoms with Crippen molar-refractivity contribution in [1.29, 1.82) is 0 Å². The van der Waals surface area contributed by atoms with Gasteiger partial charge in [0.1, 0.15) is 16.5 Å². The van der Waals surface area contributed by atoms with E-state index < -0.39 is 16.5 Å². The van der Waals surface area contributed by atoms with E-state index >= 15 is 0 Å². The van der Waals surface area contributed by atoms with Crippen LogP contribution in [0, 0.1) is 0 Å². The molecule has 0 amide bonds. The molecule has 0 radical (unpaired) electrons. The molecule has 0 aliphatic carbocycles. The second kappa shape index (κ2) is 6.12. The van der Waals surface area contributed by atoms with Crippen LogP contribution >= 0.6 is 0 Å². The van der Waals surface area contributed by atoms with Crippen molar-refractivity contribution in [1.82, 2.24) is 9.22 Å². The van der Waals surface area contributed by atoms with E-state index in [-0.39, 0.29) is 0 Å². The molecule has 0 bridgehead atoms. The van der Waals surface area contributed by atoms with Gasteiger partial charge in [0.2, 0.25) is 0 Å². The number of pyridine rings is 1. The number of rotatable bonds is 5. The van der Waals surface area contributed by atoms with Gasteiger partial charge in [0.25, 0.3) is 0 Å². The quantitative estimate of drug-likeness (QED) is 0.729. The molecule has 0 aromatic carbocycles. The summed E-state index contributed by atoms with van der Waals surface area (Å²) >= 11 is 0. The van der Waals surface area contributed by atoms with Gasteiger partial charge in [0, 0.05) is 18.3 Å². The van der Waals surface area contributed by atoms with Gasteiger partial charge in [-0.15, -0.1) is 0 Å². The highest BCUT2D eigenvalue weighted by Crippen LogP contribution is 2.40. The van der Waals surface area contributed by atoms with Crippen LogP contribution in [0.15, 0.2) is 24.4 Å². The van der Waals surface area contributed by atoms with Crippen molar-refractivity contribution in [3.8, 4) is 0 Å². The van der Waals surface area contributed by atoms with Crippen molar-refractivity contribution in [3.63, 3.8) is 0 Å². The number of nitrogens with zero attached hydrogens (tertiary/aromatic N) is 2. The molecule has 0 N–H and O–H groups in total. The fourth-order valence-corrected chi connectivity index (χ4v) is 12.6. The molecular weight excluding hydrogens is 276 g/mol. The lowest BCUT2D eigenvalue weighted by Gasteiger charge is -2.52. The molecule has 2 nitrogen and oxygen atoms in total. The smallest absolute Gasteiger partial charge is 0.120 e. The topological polar surface area (TPSA) is 16.1 Å². The van der Waals surface area contributed by atoms with Crippen molar-refractivity contribution in [2.45, 2.75) is 65.0 Å². The van der Waals surface area contributed by atoms with E-state index in [2.05, 4.69) is 74.9 Å². The number of hydrogen-bond acceptors (Lipinski definition) is 2. The summed E-state index contributed by atoms with van der Waals surface area (Å²) in [5, 5.41) is 0.400.